The van der Waals surface area contributed by atoms with Gasteiger partial charge in [-0.1, -0.05) is 84.0 Å². The van der Waals surface area contributed by atoms with Crippen LogP contribution >= 0.6 is 0 Å². The van der Waals surface area contributed by atoms with Gasteiger partial charge in [0.1, 0.15) is 54.5 Å². The Balaban J connectivity index is 1.69. The van der Waals surface area contributed by atoms with Crippen LogP contribution in [0.15, 0.2) is 76.4 Å². The van der Waals surface area contributed by atoms with Crippen molar-refractivity contribution >= 4 is 34.6 Å². The van der Waals surface area contributed by atoms with E-state index in [1.54, 1.807) is 76.4 Å². The third-order valence-electron chi connectivity index (χ3n) is 13.2. The predicted molar refractivity (Wildman–Crippen MR) is 272 cm³/mol. The van der Waals surface area contributed by atoms with Crippen molar-refractivity contribution < 1.29 is 52.4 Å². The van der Waals surface area contributed by atoms with Gasteiger partial charge in [-0.05, 0) is 100 Å². The second-order valence-electron chi connectivity index (χ2n) is 22.0. The lowest BCUT2D eigenvalue weighted by Gasteiger charge is -2.44. The summed E-state index contributed by atoms with van der Waals surface area (Å²) in [5.74, 6) is -0.837. The molecule has 4 rings (SSSR count). The summed E-state index contributed by atoms with van der Waals surface area (Å²) in [5.41, 5.74) is -0.761. The Hall–Kier alpha value is -4.68. The monoisotopic (exact) mass is 1010 g/mol. The number of alkyl carbamates (subject to hydrolysis) is 1. The number of esters is 1. The molecule has 0 spiro atoms. The van der Waals surface area contributed by atoms with Gasteiger partial charge in [-0.2, -0.15) is 0 Å². The Kier molecular flexibility index (Phi) is 19.6. The van der Waals surface area contributed by atoms with Gasteiger partial charge >= 0.3 is 17.8 Å². The van der Waals surface area contributed by atoms with E-state index in [4.69, 9.17) is 27.8 Å². The van der Waals surface area contributed by atoms with E-state index in [1.807, 2.05) is 6.07 Å². The summed E-state index contributed by atoms with van der Waals surface area (Å²) in [5, 5.41) is 30.6. The van der Waals surface area contributed by atoms with Crippen LogP contribution in [0.2, 0.25) is 36.3 Å². The highest BCUT2D eigenvalue weighted by Crippen LogP contribution is 2.46. The molecule has 1 aliphatic heterocycles. The van der Waals surface area contributed by atoms with Crippen LogP contribution in [0.4, 0.5) is 4.79 Å². The van der Waals surface area contributed by atoms with Crippen LogP contribution in [0.25, 0.3) is 0 Å². The number of rotatable bonds is 21. The molecule has 390 valence electrons. The number of methoxy groups -OCH3 is 1. The van der Waals surface area contributed by atoms with Gasteiger partial charge in [-0.3, -0.25) is 23.5 Å². The van der Waals surface area contributed by atoms with Crippen LogP contribution in [0.5, 0.6) is 5.75 Å². The van der Waals surface area contributed by atoms with Crippen molar-refractivity contribution in [3.63, 3.8) is 0 Å². The Morgan fingerprint density at radius 1 is 0.786 bits per heavy atom. The SMILES string of the molecule is COc1ccc(Cn2c(=O)ccn([C@@H]3OC([C@H](O)[C@H](NCCCNC(=O)[C@H](NC(=O)OCc4ccccc4)C(C)O)C(=O)OC(C)(C)C)[C@@H](O[Si](C)(C)C(C)(C)C)[C@H]3O[Si](C)(C)C(C)(C)C)c2=O)cc1. The molecule has 2 heterocycles. The van der Waals surface area contributed by atoms with Gasteiger partial charge in [0.2, 0.25) is 5.91 Å². The van der Waals surface area contributed by atoms with Gasteiger partial charge in [-0.15, -0.1) is 0 Å². The van der Waals surface area contributed by atoms with E-state index in [0.717, 1.165) is 10.1 Å². The largest absolute Gasteiger partial charge is 0.497 e. The molecule has 1 fully saturated rings. The zero-order valence-corrected chi connectivity index (χ0v) is 45.8. The number of nitrogens with one attached hydrogen (secondary N) is 3. The highest BCUT2D eigenvalue weighted by atomic mass is 28.4. The maximum Gasteiger partial charge on any atom is 0.408 e. The number of ether oxygens (including phenoxy) is 4. The average Bonchev–Trinajstić information content (AvgIpc) is 3.58. The molecule has 20 heteroatoms. The van der Waals surface area contributed by atoms with E-state index in [-0.39, 0.29) is 42.7 Å². The molecule has 2 aromatic carbocycles. The molecule has 2 amide bonds. The second-order valence-corrected chi connectivity index (χ2v) is 31.5. The van der Waals surface area contributed by atoms with E-state index in [2.05, 4.69) is 83.7 Å². The zero-order valence-electron chi connectivity index (χ0n) is 43.8. The number of carbonyl (C=O) groups is 3. The van der Waals surface area contributed by atoms with E-state index >= 15 is 0 Å². The molecule has 70 heavy (non-hydrogen) atoms. The summed E-state index contributed by atoms with van der Waals surface area (Å²) in [6, 6.07) is 14.5. The van der Waals surface area contributed by atoms with Crippen LogP contribution in [-0.2, 0) is 45.8 Å². The number of aliphatic hydroxyl groups excluding tert-OH is 2. The first kappa shape index (κ1) is 57.9. The minimum atomic E-state index is -2.78. The molecule has 2 unspecified atom stereocenters. The normalized spacial score (nSPS) is 19.7. The van der Waals surface area contributed by atoms with Crippen LogP contribution < -0.4 is 31.9 Å². The number of hydrogen-bond donors (Lipinski definition) is 5. The van der Waals surface area contributed by atoms with E-state index in [1.165, 1.54) is 23.8 Å². The average molecular weight is 1010 g/mol. The first-order valence-corrected chi connectivity index (χ1v) is 29.7. The Labute approximate surface area is 415 Å². The van der Waals surface area contributed by atoms with Crippen LogP contribution in [-0.4, -0.2) is 122 Å². The highest BCUT2D eigenvalue weighted by Gasteiger charge is 2.58. The molecule has 1 aliphatic rings. The highest BCUT2D eigenvalue weighted by molar-refractivity contribution is 6.74. The first-order chi connectivity index (χ1) is 32.4. The molecule has 1 aromatic heterocycles. The maximum atomic E-state index is 14.6. The van der Waals surface area contributed by atoms with Crippen molar-refractivity contribution in [3.05, 3.63) is 98.8 Å². The summed E-state index contributed by atoms with van der Waals surface area (Å²) in [7, 11) is -3.99. The molecular formula is C50H79N5O13Si2. The van der Waals surface area contributed by atoms with Gasteiger partial charge in [0.25, 0.3) is 5.56 Å². The fourth-order valence-corrected chi connectivity index (χ4v) is 9.69. The quantitative estimate of drug-likeness (QED) is 0.0499. The predicted octanol–water partition coefficient (Wildman–Crippen LogP) is 5.59. The summed E-state index contributed by atoms with van der Waals surface area (Å²) in [6.07, 6.45) is -6.81. The number of aliphatic hydroxyl groups is 2. The lowest BCUT2D eigenvalue weighted by atomic mass is 9.99. The summed E-state index contributed by atoms with van der Waals surface area (Å²) in [4.78, 5) is 68.1. The van der Waals surface area contributed by atoms with E-state index in [9.17, 15) is 34.2 Å². The smallest absolute Gasteiger partial charge is 0.408 e. The number of aromatic nitrogens is 2. The van der Waals surface area contributed by atoms with Crippen molar-refractivity contribution in [2.24, 2.45) is 0 Å². The number of hydrogen-bond acceptors (Lipinski definition) is 14. The van der Waals surface area contributed by atoms with Crippen molar-refractivity contribution in [1.82, 2.24) is 25.1 Å². The van der Waals surface area contributed by atoms with Crippen molar-refractivity contribution in [3.8, 4) is 5.75 Å². The molecular weight excluding hydrogens is 935 g/mol. The first-order valence-electron chi connectivity index (χ1n) is 23.9. The topological polar surface area (TPSA) is 227 Å². The molecule has 0 bridgehead atoms. The lowest BCUT2D eigenvalue weighted by molar-refractivity contribution is -0.166. The zero-order chi connectivity index (χ0) is 52.6. The van der Waals surface area contributed by atoms with Crippen LogP contribution in [0.1, 0.15) is 93.0 Å². The Bertz CT molecular complexity index is 2320. The summed E-state index contributed by atoms with van der Waals surface area (Å²) in [6.45, 7) is 27.2. The fraction of sp³-hybridized carbons (Fsp3) is 0.620. The van der Waals surface area contributed by atoms with Crippen molar-refractivity contribution in [1.29, 1.82) is 0 Å². The number of carbonyl (C=O) groups excluding carboxylic acids is 3. The molecule has 3 aromatic rings. The summed E-state index contributed by atoms with van der Waals surface area (Å²) < 4.78 is 40.1. The lowest BCUT2D eigenvalue weighted by Crippen LogP contribution is -2.59. The third kappa shape index (κ3) is 15.4. The second kappa shape index (κ2) is 23.7. The van der Waals surface area contributed by atoms with Gasteiger partial charge in [0, 0.05) is 18.8 Å². The van der Waals surface area contributed by atoms with E-state index < -0.39 is 100 Å². The number of benzene rings is 2. The molecule has 0 radical (unpaired) electrons. The van der Waals surface area contributed by atoms with Crippen molar-refractivity contribution in [2.45, 2.75) is 180 Å². The Morgan fingerprint density at radius 2 is 1.37 bits per heavy atom. The summed E-state index contributed by atoms with van der Waals surface area (Å²) >= 11 is 0. The van der Waals surface area contributed by atoms with Gasteiger partial charge < -0.3 is 54.0 Å². The van der Waals surface area contributed by atoms with Crippen LogP contribution in [0, 0.1) is 0 Å². The standard InChI is InChI=1S/C50H79N5O13Si2/c1-32(56)37(53-46(61)64-31-34-20-17-16-18-21-34)43(59)52-28-19-27-51-38(45(60)66-48(2,3)4)39(58)40-41(67-69(12,13)49(5,6)7)42(68-70(14,15)50(8,9)10)44(65-40)54-29-26-36(57)55(47(54)62)30-33-22-24-35(63-11)25-23-33/h16-18,20-26,29,32,37-42,44,51,56,58H,19,27-28,30-31H2,1-15H3,(H,52,59)(H,53,61)/t32?,37-,38+,39-,40?,41-,42-,44-/m1/s1. The van der Waals surface area contributed by atoms with Crippen LogP contribution in [0.3, 0.4) is 0 Å². The molecule has 1 saturated heterocycles. The van der Waals surface area contributed by atoms with E-state index in [0.29, 0.717) is 11.3 Å². The number of amides is 2. The van der Waals surface area contributed by atoms with Gasteiger partial charge in [-0.25, -0.2) is 9.59 Å². The minimum absolute atomic E-state index is 0.0322. The Morgan fingerprint density at radius 3 is 1.91 bits per heavy atom. The van der Waals surface area contributed by atoms with Gasteiger partial charge in [0.15, 0.2) is 22.9 Å². The minimum Gasteiger partial charge on any atom is -0.497 e. The molecule has 8 atom stereocenters. The maximum absolute atomic E-state index is 14.6. The number of nitrogens with zero attached hydrogens (tertiary/aromatic N) is 2. The third-order valence-corrected chi connectivity index (χ3v) is 22.1. The van der Waals surface area contributed by atoms with Crippen molar-refractivity contribution in [2.75, 3.05) is 20.2 Å². The fourth-order valence-electron chi connectivity index (χ4n) is 7.10. The van der Waals surface area contributed by atoms with Gasteiger partial charge in [0.05, 0.1) is 19.8 Å². The molecule has 18 nitrogen and oxygen atoms in total. The molecule has 0 saturated carbocycles. The molecule has 5 N–H and O–H groups in total. The molecule has 0 aliphatic carbocycles.